The molecule has 1 saturated heterocycles. The van der Waals surface area contributed by atoms with Crippen LogP contribution in [0.25, 0.3) is 0 Å². The zero-order chi connectivity index (χ0) is 10.0. The Hall–Kier alpha value is -0.220. The van der Waals surface area contributed by atoms with Gasteiger partial charge in [0.15, 0.2) is 0 Å². The molecule has 0 aromatic heterocycles. The second kappa shape index (κ2) is 2.30. The van der Waals surface area contributed by atoms with Gasteiger partial charge in [-0.15, -0.1) is 0 Å². The molecular weight excluding hydrogens is 190 g/mol. The van der Waals surface area contributed by atoms with Gasteiger partial charge in [-0.1, -0.05) is 6.92 Å². The first-order valence-corrected chi connectivity index (χ1v) is 5.19. The van der Waals surface area contributed by atoms with Gasteiger partial charge in [-0.3, -0.25) is 0 Å². The molecule has 0 N–H and O–H groups in total. The maximum atomic E-state index is 13.4. The Kier molecular flexibility index (Phi) is 1.48. The number of alkyl halides is 2. The monoisotopic (exact) mass is 204 g/mol. The summed E-state index contributed by atoms with van der Waals surface area (Å²) in [5, 5.41) is 0. The molecule has 14 heavy (non-hydrogen) atoms. The molecule has 4 heteroatoms. The first-order valence-electron chi connectivity index (χ1n) is 5.19. The summed E-state index contributed by atoms with van der Waals surface area (Å²) >= 11 is 0. The molecule has 3 rings (SSSR count). The molecule has 0 amide bonds. The Labute approximate surface area is 81.5 Å². The highest BCUT2D eigenvalue weighted by atomic mass is 19.3. The third-order valence-electron chi connectivity index (χ3n) is 4.34. The summed E-state index contributed by atoms with van der Waals surface area (Å²) in [4.78, 5) is 10.1. The van der Waals surface area contributed by atoms with Crippen molar-refractivity contribution in [2.45, 2.75) is 44.1 Å². The van der Waals surface area contributed by atoms with Crippen LogP contribution in [0.5, 0.6) is 0 Å². The summed E-state index contributed by atoms with van der Waals surface area (Å²) in [6, 6.07) is 0. The Morgan fingerprint density at radius 3 is 2.64 bits per heavy atom. The van der Waals surface area contributed by atoms with Crippen molar-refractivity contribution >= 4 is 0 Å². The highest BCUT2D eigenvalue weighted by Crippen LogP contribution is 2.74. The van der Waals surface area contributed by atoms with Crippen LogP contribution in [0.2, 0.25) is 0 Å². The smallest absolute Gasteiger partial charge is 0.236 e. The van der Waals surface area contributed by atoms with Gasteiger partial charge in [-0.2, -0.15) is 0 Å². The van der Waals surface area contributed by atoms with Crippen molar-refractivity contribution in [1.29, 1.82) is 0 Å². The topological polar surface area (TPSA) is 18.5 Å². The summed E-state index contributed by atoms with van der Waals surface area (Å²) in [7, 11) is 0. The summed E-state index contributed by atoms with van der Waals surface area (Å²) in [6.45, 7) is 2.23. The lowest BCUT2D eigenvalue weighted by molar-refractivity contribution is -0.317. The first-order chi connectivity index (χ1) is 6.50. The zero-order valence-corrected chi connectivity index (χ0v) is 8.19. The van der Waals surface area contributed by atoms with E-state index in [4.69, 9.17) is 9.78 Å². The minimum atomic E-state index is -2.47. The van der Waals surface area contributed by atoms with Gasteiger partial charge in [-0.05, 0) is 19.3 Å². The molecule has 0 bridgehead atoms. The molecular formula is C10H14F2O2. The molecule has 0 aromatic rings. The average Bonchev–Trinajstić information content (AvgIpc) is 2.50. The number of fused-ring (bicyclic) bond motifs is 1. The van der Waals surface area contributed by atoms with E-state index in [0.717, 1.165) is 12.8 Å². The quantitative estimate of drug-likeness (QED) is 0.564. The number of halogens is 2. The fourth-order valence-electron chi connectivity index (χ4n) is 3.30. The molecule has 3 aliphatic rings. The molecule has 0 aromatic carbocycles. The van der Waals surface area contributed by atoms with Crippen LogP contribution in [0.4, 0.5) is 8.78 Å². The predicted molar refractivity (Wildman–Crippen MR) is 44.8 cm³/mol. The predicted octanol–water partition coefficient (Wildman–Crippen LogP) is 2.53. The minimum Gasteiger partial charge on any atom is -0.236 e. The Balaban J connectivity index is 1.84. The summed E-state index contributed by atoms with van der Waals surface area (Å²) < 4.78 is 26.9. The Morgan fingerprint density at radius 1 is 1.29 bits per heavy atom. The second-order valence-electron chi connectivity index (χ2n) is 5.15. The minimum absolute atomic E-state index is 0.398. The normalized spacial score (nSPS) is 54.6. The van der Waals surface area contributed by atoms with E-state index >= 15 is 0 Å². The number of hydrogen-bond donors (Lipinski definition) is 0. The number of rotatable bonds is 0. The highest BCUT2D eigenvalue weighted by Gasteiger charge is 2.80. The van der Waals surface area contributed by atoms with Crippen LogP contribution in [0, 0.1) is 11.3 Å². The summed E-state index contributed by atoms with van der Waals surface area (Å²) in [5.74, 6) is -2.88. The van der Waals surface area contributed by atoms with Gasteiger partial charge in [0.05, 0.1) is 6.61 Å². The molecule has 0 radical (unpaired) electrons. The molecule has 2 nitrogen and oxygen atoms in total. The fourth-order valence-corrected chi connectivity index (χ4v) is 3.30. The van der Waals surface area contributed by atoms with Gasteiger partial charge >= 0.3 is 0 Å². The van der Waals surface area contributed by atoms with Crippen molar-refractivity contribution in [2.75, 3.05) is 6.61 Å². The van der Waals surface area contributed by atoms with Gasteiger partial charge in [0.1, 0.15) is 5.60 Å². The molecule has 3 fully saturated rings. The van der Waals surface area contributed by atoms with Crippen LogP contribution in [0.15, 0.2) is 0 Å². The molecule has 3 atom stereocenters. The van der Waals surface area contributed by atoms with E-state index in [0.29, 0.717) is 19.4 Å². The lowest BCUT2D eigenvalue weighted by Gasteiger charge is -2.32. The van der Waals surface area contributed by atoms with E-state index in [2.05, 4.69) is 0 Å². The van der Waals surface area contributed by atoms with E-state index in [1.54, 1.807) is 6.92 Å². The molecule has 80 valence electrons. The van der Waals surface area contributed by atoms with Crippen molar-refractivity contribution in [3.8, 4) is 0 Å². The van der Waals surface area contributed by atoms with Crippen LogP contribution in [0.3, 0.4) is 0 Å². The summed E-state index contributed by atoms with van der Waals surface area (Å²) in [5.41, 5.74) is -1.22. The lowest BCUT2D eigenvalue weighted by Crippen LogP contribution is -2.35. The van der Waals surface area contributed by atoms with Gasteiger partial charge in [0.2, 0.25) is 0 Å². The van der Waals surface area contributed by atoms with Gasteiger partial charge in [-0.25, -0.2) is 18.6 Å². The van der Waals surface area contributed by atoms with E-state index in [9.17, 15) is 8.78 Å². The van der Waals surface area contributed by atoms with E-state index < -0.39 is 22.9 Å². The van der Waals surface area contributed by atoms with Crippen molar-refractivity contribution < 1.29 is 18.6 Å². The van der Waals surface area contributed by atoms with Crippen molar-refractivity contribution in [3.05, 3.63) is 0 Å². The van der Waals surface area contributed by atoms with Crippen LogP contribution in [-0.4, -0.2) is 18.1 Å². The number of hydrogen-bond acceptors (Lipinski definition) is 2. The average molecular weight is 204 g/mol. The molecule has 1 heterocycles. The molecule has 2 aliphatic carbocycles. The van der Waals surface area contributed by atoms with Crippen LogP contribution >= 0.6 is 0 Å². The van der Waals surface area contributed by atoms with Crippen LogP contribution in [0.1, 0.15) is 32.6 Å². The van der Waals surface area contributed by atoms with E-state index in [-0.39, 0.29) is 0 Å². The summed E-state index contributed by atoms with van der Waals surface area (Å²) in [6.07, 6.45) is 2.53. The SMILES string of the molecule is CC12CC3(CCOO3)CCC1C2(F)F. The highest BCUT2D eigenvalue weighted by molar-refractivity contribution is 5.20. The maximum absolute atomic E-state index is 13.4. The van der Waals surface area contributed by atoms with E-state index in [1.807, 2.05) is 0 Å². The third-order valence-corrected chi connectivity index (χ3v) is 4.34. The van der Waals surface area contributed by atoms with Crippen LogP contribution in [-0.2, 0) is 9.78 Å². The van der Waals surface area contributed by atoms with Crippen molar-refractivity contribution in [1.82, 2.24) is 0 Å². The fraction of sp³-hybridized carbons (Fsp3) is 1.00. The molecule has 1 aliphatic heterocycles. The molecule has 1 spiro atoms. The maximum Gasteiger partial charge on any atom is 0.257 e. The second-order valence-corrected chi connectivity index (χ2v) is 5.15. The molecule has 3 unspecified atom stereocenters. The van der Waals surface area contributed by atoms with Crippen molar-refractivity contribution in [2.24, 2.45) is 11.3 Å². The Bertz CT molecular complexity index is 273. The lowest BCUT2D eigenvalue weighted by atomic mass is 9.77. The standard InChI is InChI=1S/C10H14F2O2/c1-8-6-9(4-5-13-14-9)3-2-7(8)10(8,11)12/h7H,2-6H2,1H3. The zero-order valence-electron chi connectivity index (χ0n) is 8.19. The van der Waals surface area contributed by atoms with E-state index in [1.165, 1.54) is 0 Å². The largest absolute Gasteiger partial charge is 0.257 e. The van der Waals surface area contributed by atoms with Crippen LogP contribution < -0.4 is 0 Å². The first kappa shape index (κ1) is 9.04. The molecule has 2 saturated carbocycles. The van der Waals surface area contributed by atoms with Crippen molar-refractivity contribution in [3.63, 3.8) is 0 Å². The third kappa shape index (κ3) is 0.865. The van der Waals surface area contributed by atoms with Gasteiger partial charge < -0.3 is 0 Å². The Morgan fingerprint density at radius 2 is 2.07 bits per heavy atom. The van der Waals surface area contributed by atoms with Gasteiger partial charge in [0.25, 0.3) is 5.92 Å². The van der Waals surface area contributed by atoms with Gasteiger partial charge in [0, 0.05) is 17.8 Å².